The monoisotopic (exact) mass is 224 g/mol. The summed E-state index contributed by atoms with van der Waals surface area (Å²) in [6.07, 6.45) is 0.416. The molecule has 0 fully saturated rings. The Morgan fingerprint density at radius 3 is 2.88 bits per heavy atom. The molecule has 16 heavy (non-hydrogen) atoms. The van der Waals surface area contributed by atoms with Crippen LogP contribution in [-0.2, 0) is 16.1 Å². The van der Waals surface area contributed by atoms with E-state index in [-0.39, 0.29) is 0 Å². The molecule has 3 nitrogen and oxygen atoms in total. The topological polar surface area (TPSA) is 38.7 Å². The van der Waals surface area contributed by atoms with Gasteiger partial charge < -0.3 is 14.6 Å². The second-order valence-electron chi connectivity index (χ2n) is 3.77. The van der Waals surface area contributed by atoms with E-state index in [2.05, 4.69) is 0 Å². The second-order valence-corrected chi connectivity index (χ2v) is 3.77. The molecule has 0 aliphatic rings. The first-order valence-electron chi connectivity index (χ1n) is 5.61. The molecule has 0 amide bonds. The van der Waals surface area contributed by atoms with Crippen LogP contribution < -0.4 is 0 Å². The van der Waals surface area contributed by atoms with E-state index in [1.165, 1.54) is 0 Å². The first-order chi connectivity index (χ1) is 7.77. The van der Waals surface area contributed by atoms with Crippen molar-refractivity contribution in [1.29, 1.82) is 0 Å². The van der Waals surface area contributed by atoms with Gasteiger partial charge in [-0.2, -0.15) is 0 Å². The molecule has 1 rings (SSSR count). The molecule has 1 aromatic rings. The number of rotatable bonds is 7. The van der Waals surface area contributed by atoms with Crippen LogP contribution in [-0.4, -0.2) is 25.4 Å². The zero-order valence-corrected chi connectivity index (χ0v) is 9.98. The minimum absolute atomic E-state index is 0.351. The molecule has 1 aromatic carbocycles. The maximum Gasteiger partial charge on any atom is 0.102 e. The zero-order valence-electron chi connectivity index (χ0n) is 9.98. The summed E-state index contributed by atoms with van der Waals surface area (Å²) in [6.45, 7) is 3.65. The maximum absolute atomic E-state index is 9.87. The van der Waals surface area contributed by atoms with Gasteiger partial charge in [-0.25, -0.2) is 0 Å². The highest BCUT2D eigenvalue weighted by Crippen LogP contribution is 2.15. The van der Waals surface area contributed by atoms with E-state index >= 15 is 0 Å². The summed E-state index contributed by atoms with van der Waals surface area (Å²) in [5, 5.41) is 9.87. The molecule has 3 heteroatoms. The fraction of sp³-hybridized carbons (Fsp3) is 0.538. The molecular weight excluding hydrogens is 204 g/mol. The Labute approximate surface area is 97.0 Å². The van der Waals surface area contributed by atoms with E-state index in [1.807, 2.05) is 31.2 Å². The van der Waals surface area contributed by atoms with Crippen LogP contribution in [0.1, 0.15) is 30.6 Å². The van der Waals surface area contributed by atoms with E-state index in [0.717, 1.165) is 17.5 Å². The van der Waals surface area contributed by atoms with Gasteiger partial charge in [-0.15, -0.1) is 0 Å². The lowest BCUT2D eigenvalue weighted by molar-refractivity contribution is 0.0363. The predicted molar refractivity (Wildman–Crippen MR) is 63.2 cm³/mol. The number of aliphatic hydroxyl groups is 1. The van der Waals surface area contributed by atoms with Gasteiger partial charge in [0, 0.05) is 13.7 Å². The summed E-state index contributed by atoms with van der Waals surface area (Å²) in [6, 6.07) is 7.75. The smallest absolute Gasteiger partial charge is 0.102 e. The number of methoxy groups -OCH3 is 1. The number of aliphatic hydroxyl groups excluding tert-OH is 1. The first-order valence-corrected chi connectivity index (χ1v) is 5.61. The molecule has 0 aliphatic carbocycles. The predicted octanol–water partition coefficient (Wildman–Crippen LogP) is 2.29. The average Bonchev–Trinajstić information content (AvgIpc) is 2.30. The van der Waals surface area contributed by atoms with Crippen molar-refractivity contribution >= 4 is 0 Å². The number of hydrogen-bond acceptors (Lipinski definition) is 3. The molecule has 90 valence electrons. The van der Waals surface area contributed by atoms with Crippen LogP contribution in [0.15, 0.2) is 24.3 Å². The second kappa shape index (κ2) is 7.39. The highest BCUT2D eigenvalue weighted by Gasteiger charge is 2.07. The van der Waals surface area contributed by atoms with Gasteiger partial charge in [0.15, 0.2) is 0 Å². The minimum Gasteiger partial charge on any atom is -0.386 e. The molecule has 0 saturated heterocycles. The maximum atomic E-state index is 9.87. The minimum atomic E-state index is -0.552. The quantitative estimate of drug-likeness (QED) is 0.722. The van der Waals surface area contributed by atoms with Crippen LogP contribution >= 0.6 is 0 Å². The van der Waals surface area contributed by atoms with Gasteiger partial charge in [0.2, 0.25) is 0 Å². The molecule has 1 unspecified atom stereocenters. The highest BCUT2D eigenvalue weighted by molar-refractivity contribution is 5.24. The standard InChI is InChI=1S/C13H20O3/c1-3-7-16-10-13(14)12-6-4-5-11(8-12)9-15-2/h4-6,8,13-14H,3,7,9-10H2,1-2H3. The van der Waals surface area contributed by atoms with Gasteiger partial charge >= 0.3 is 0 Å². The van der Waals surface area contributed by atoms with E-state index in [4.69, 9.17) is 9.47 Å². The van der Waals surface area contributed by atoms with Crippen molar-refractivity contribution in [2.45, 2.75) is 26.1 Å². The third-order valence-corrected chi connectivity index (χ3v) is 2.27. The molecule has 0 radical (unpaired) electrons. The van der Waals surface area contributed by atoms with Gasteiger partial charge in [-0.05, 0) is 17.5 Å². The van der Waals surface area contributed by atoms with Crippen LogP contribution in [0.25, 0.3) is 0 Å². The Morgan fingerprint density at radius 2 is 2.19 bits per heavy atom. The largest absolute Gasteiger partial charge is 0.386 e. The van der Waals surface area contributed by atoms with Gasteiger partial charge in [0.05, 0.1) is 13.2 Å². The number of ether oxygens (including phenoxy) is 2. The fourth-order valence-electron chi connectivity index (χ4n) is 1.49. The Balaban J connectivity index is 2.53. The lowest BCUT2D eigenvalue weighted by Gasteiger charge is -2.12. The molecule has 0 aliphatic heterocycles. The van der Waals surface area contributed by atoms with Crippen LogP contribution in [0.2, 0.25) is 0 Å². The first kappa shape index (κ1) is 13.2. The van der Waals surface area contributed by atoms with Crippen molar-refractivity contribution in [3.63, 3.8) is 0 Å². The van der Waals surface area contributed by atoms with Crippen LogP contribution in [0, 0.1) is 0 Å². The van der Waals surface area contributed by atoms with E-state index in [9.17, 15) is 5.11 Å². The van der Waals surface area contributed by atoms with Crippen molar-refractivity contribution in [2.24, 2.45) is 0 Å². The average molecular weight is 224 g/mol. The van der Waals surface area contributed by atoms with E-state index in [1.54, 1.807) is 7.11 Å². The molecular formula is C13H20O3. The third-order valence-electron chi connectivity index (χ3n) is 2.27. The zero-order chi connectivity index (χ0) is 11.8. The summed E-state index contributed by atoms with van der Waals surface area (Å²) >= 11 is 0. The summed E-state index contributed by atoms with van der Waals surface area (Å²) in [5.41, 5.74) is 1.94. The Kier molecular flexibility index (Phi) is 6.08. The van der Waals surface area contributed by atoms with Gasteiger partial charge in [-0.1, -0.05) is 31.2 Å². The van der Waals surface area contributed by atoms with E-state index < -0.39 is 6.10 Å². The summed E-state index contributed by atoms with van der Waals surface area (Å²) < 4.78 is 10.4. The van der Waals surface area contributed by atoms with Crippen molar-refractivity contribution in [1.82, 2.24) is 0 Å². The van der Waals surface area contributed by atoms with Crippen molar-refractivity contribution in [3.8, 4) is 0 Å². The SMILES string of the molecule is CCCOCC(O)c1cccc(COC)c1. The molecule has 0 heterocycles. The number of hydrogen-bond donors (Lipinski definition) is 1. The highest BCUT2D eigenvalue weighted by atomic mass is 16.5. The Bertz CT molecular complexity index is 299. The molecule has 0 bridgehead atoms. The summed E-state index contributed by atoms with van der Waals surface area (Å²) in [5.74, 6) is 0. The van der Waals surface area contributed by atoms with Gasteiger partial charge in [0.1, 0.15) is 6.10 Å². The summed E-state index contributed by atoms with van der Waals surface area (Å²) in [4.78, 5) is 0. The van der Waals surface area contributed by atoms with E-state index in [0.29, 0.717) is 19.8 Å². The van der Waals surface area contributed by atoms with Crippen molar-refractivity contribution < 1.29 is 14.6 Å². The molecule has 1 N–H and O–H groups in total. The van der Waals surface area contributed by atoms with Gasteiger partial charge in [0.25, 0.3) is 0 Å². The summed E-state index contributed by atoms with van der Waals surface area (Å²) in [7, 11) is 1.66. The Morgan fingerprint density at radius 1 is 1.38 bits per heavy atom. The fourth-order valence-corrected chi connectivity index (χ4v) is 1.49. The van der Waals surface area contributed by atoms with Crippen molar-refractivity contribution in [2.75, 3.05) is 20.3 Å². The lowest BCUT2D eigenvalue weighted by Crippen LogP contribution is -2.08. The van der Waals surface area contributed by atoms with Gasteiger partial charge in [-0.3, -0.25) is 0 Å². The van der Waals surface area contributed by atoms with Crippen LogP contribution in [0.5, 0.6) is 0 Å². The molecule has 0 aromatic heterocycles. The lowest BCUT2D eigenvalue weighted by atomic mass is 10.1. The van der Waals surface area contributed by atoms with Crippen molar-refractivity contribution in [3.05, 3.63) is 35.4 Å². The molecule has 1 atom stereocenters. The Hall–Kier alpha value is -0.900. The normalized spacial score (nSPS) is 12.7. The van der Waals surface area contributed by atoms with Crippen LogP contribution in [0.3, 0.4) is 0 Å². The number of benzene rings is 1. The third kappa shape index (κ3) is 4.31. The molecule has 0 spiro atoms. The van der Waals surface area contributed by atoms with Crippen LogP contribution in [0.4, 0.5) is 0 Å². The molecule has 0 saturated carbocycles.